The highest BCUT2D eigenvalue weighted by Gasteiger charge is 1.80. The quantitative estimate of drug-likeness (QED) is 0.470. The Kier molecular flexibility index (Phi) is 3.60. The van der Waals surface area contributed by atoms with Gasteiger partial charge in [-0.1, -0.05) is 0 Å². The summed E-state index contributed by atoms with van der Waals surface area (Å²) >= 11 is 1.62. The van der Waals surface area contributed by atoms with E-state index < -0.39 is 0 Å². The molecule has 2 nitrogen and oxygen atoms in total. The van der Waals surface area contributed by atoms with Crippen LogP contribution in [0.25, 0.3) is 0 Å². The zero-order chi connectivity index (χ0) is 5.11. The number of halogens is 1. The largest absolute Gasteiger partial charge is 0.323 e. The molecule has 1 aromatic heterocycles. The summed E-state index contributed by atoms with van der Waals surface area (Å²) in [6, 6.07) is 1.92. The molecule has 1 aromatic rings. The van der Waals surface area contributed by atoms with Crippen molar-refractivity contribution in [1.82, 2.24) is 0 Å². The number of nitrogen functional groups attached to an aromatic ring is 1. The van der Waals surface area contributed by atoms with Gasteiger partial charge >= 0.3 is 0 Å². The third-order valence-electron chi connectivity index (χ3n) is 0.688. The van der Waals surface area contributed by atoms with Crippen LogP contribution in [-0.2, 0) is 0 Å². The van der Waals surface area contributed by atoms with E-state index in [2.05, 4.69) is 5.43 Å². The number of hydrogen-bond acceptors (Lipinski definition) is 3. The molecule has 0 fully saturated rings. The van der Waals surface area contributed by atoms with Crippen LogP contribution in [0, 0.1) is 0 Å². The molecular formula is C4H7ClN2S. The lowest BCUT2D eigenvalue weighted by Crippen LogP contribution is -2.04. The topological polar surface area (TPSA) is 38.0 Å². The molecule has 4 heteroatoms. The summed E-state index contributed by atoms with van der Waals surface area (Å²) in [5.41, 5.74) is 3.49. The average Bonchev–Trinajstić information content (AvgIpc) is 2.14. The molecule has 0 radical (unpaired) electrons. The van der Waals surface area contributed by atoms with Crippen LogP contribution in [0.1, 0.15) is 0 Å². The smallest absolute Gasteiger partial charge is 0.0591 e. The van der Waals surface area contributed by atoms with Crippen LogP contribution in [0.4, 0.5) is 5.69 Å². The summed E-state index contributed by atoms with van der Waals surface area (Å²) in [5, 5.41) is 3.91. The lowest BCUT2D eigenvalue weighted by molar-refractivity contribution is 1.37. The first-order valence-corrected chi connectivity index (χ1v) is 2.86. The van der Waals surface area contributed by atoms with Gasteiger partial charge in [-0.05, 0) is 11.4 Å². The van der Waals surface area contributed by atoms with Gasteiger partial charge < -0.3 is 5.43 Å². The molecule has 0 aliphatic heterocycles. The van der Waals surface area contributed by atoms with E-state index in [1.165, 1.54) is 0 Å². The molecule has 0 atom stereocenters. The van der Waals surface area contributed by atoms with Gasteiger partial charge in [0.1, 0.15) is 0 Å². The maximum atomic E-state index is 5.05. The average molecular weight is 151 g/mol. The summed E-state index contributed by atoms with van der Waals surface area (Å²) in [5.74, 6) is 5.05. The molecule has 0 bridgehead atoms. The highest BCUT2D eigenvalue weighted by Crippen LogP contribution is 2.08. The normalized spacial score (nSPS) is 7.62. The standard InChI is InChI=1S/C4H6N2S.ClH/c5-6-4-1-2-7-3-4;/h1-3,6H,5H2;1H. The van der Waals surface area contributed by atoms with Crippen molar-refractivity contribution in [2.75, 3.05) is 5.43 Å². The fourth-order valence-electron chi connectivity index (χ4n) is 0.347. The van der Waals surface area contributed by atoms with Crippen molar-refractivity contribution in [3.05, 3.63) is 16.8 Å². The minimum Gasteiger partial charge on any atom is -0.323 e. The Morgan fingerprint density at radius 2 is 2.38 bits per heavy atom. The summed E-state index contributed by atoms with van der Waals surface area (Å²) in [7, 11) is 0. The predicted octanol–water partition coefficient (Wildman–Crippen LogP) is 1.46. The van der Waals surface area contributed by atoms with Crippen molar-refractivity contribution in [2.45, 2.75) is 0 Å². The molecule has 0 saturated carbocycles. The van der Waals surface area contributed by atoms with Crippen molar-refractivity contribution in [3.63, 3.8) is 0 Å². The molecular weight excluding hydrogens is 144 g/mol. The molecule has 0 aromatic carbocycles. The monoisotopic (exact) mass is 150 g/mol. The first-order chi connectivity index (χ1) is 3.43. The number of hydrazine groups is 1. The van der Waals surface area contributed by atoms with E-state index >= 15 is 0 Å². The van der Waals surface area contributed by atoms with Gasteiger partial charge in [-0.25, -0.2) is 0 Å². The SMILES string of the molecule is Cl.NNc1ccsc1. The second-order valence-corrected chi connectivity index (χ2v) is 1.94. The highest BCUT2D eigenvalue weighted by atomic mass is 35.5. The van der Waals surface area contributed by atoms with Crippen LogP contribution in [0.5, 0.6) is 0 Å². The molecule has 0 aliphatic rings. The van der Waals surface area contributed by atoms with Crippen molar-refractivity contribution >= 4 is 29.4 Å². The van der Waals surface area contributed by atoms with Crippen molar-refractivity contribution in [3.8, 4) is 0 Å². The maximum Gasteiger partial charge on any atom is 0.0591 e. The van der Waals surface area contributed by atoms with Gasteiger partial charge in [-0.2, -0.15) is 11.3 Å². The molecule has 0 saturated heterocycles. The molecule has 8 heavy (non-hydrogen) atoms. The lowest BCUT2D eigenvalue weighted by atomic mass is 10.6. The van der Waals surface area contributed by atoms with Gasteiger partial charge in [-0.3, -0.25) is 5.84 Å². The van der Waals surface area contributed by atoms with Gasteiger partial charge in [-0.15, -0.1) is 12.4 Å². The number of rotatable bonds is 1. The highest BCUT2D eigenvalue weighted by molar-refractivity contribution is 7.08. The minimum absolute atomic E-state index is 0. The fourth-order valence-corrected chi connectivity index (χ4v) is 0.944. The van der Waals surface area contributed by atoms with E-state index in [4.69, 9.17) is 5.84 Å². The van der Waals surface area contributed by atoms with Crippen molar-refractivity contribution in [1.29, 1.82) is 0 Å². The summed E-state index contributed by atoms with van der Waals surface area (Å²) in [6.45, 7) is 0. The van der Waals surface area contributed by atoms with Gasteiger partial charge in [0.15, 0.2) is 0 Å². The Morgan fingerprint density at radius 3 is 2.62 bits per heavy atom. The first kappa shape index (κ1) is 7.75. The summed E-state index contributed by atoms with van der Waals surface area (Å²) in [4.78, 5) is 0. The number of nitrogens with one attached hydrogen (secondary N) is 1. The molecule has 0 unspecified atom stereocenters. The van der Waals surface area contributed by atoms with Gasteiger partial charge in [0.2, 0.25) is 0 Å². The van der Waals surface area contributed by atoms with Crippen LogP contribution >= 0.6 is 23.7 Å². The zero-order valence-electron chi connectivity index (χ0n) is 4.13. The predicted molar refractivity (Wildman–Crippen MR) is 39.4 cm³/mol. The van der Waals surface area contributed by atoms with E-state index in [-0.39, 0.29) is 12.4 Å². The van der Waals surface area contributed by atoms with E-state index in [1.807, 2.05) is 16.8 Å². The lowest BCUT2D eigenvalue weighted by Gasteiger charge is -1.86. The Bertz CT molecular complexity index is 129. The molecule has 1 heterocycles. The van der Waals surface area contributed by atoms with Crippen LogP contribution in [0.3, 0.4) is 0 Å². The maximum absolute atomic E-state index is 5.05. The number of thiophene rings is 1. The third-order valence-corrected chi connectivity index (χ3v) is 1.37. The Balaban J connectivity index is 0.000000490. The Hall–Kier alpha value is -0.250. The van der Waals surface area contributed by atoms with Gasteiger partial charge in [0, 0.05) is 5.38 Å². The van der Waals surface area contributed by atoms with E-state index in [0.29, 0.717) is 0 Å². The van der Waals surface area contributed by atoms with Crippen molar-refractivity contribution in [2.24, 2.45) is 5.84 Å². The van der Waals surface area contributed by atoms with Gasteiger partial charge in [0.05, 0.1) is 5.69 Å². The minimum atomic E-state index is 0. The number of hydrogen-bond donors (Lipinski definition) is 2. The van der Waals surface area contributed by atoms with Crippen molar-refractivity contribution < 1.29 is 0 Å². The fraction of sp³-hybridized carbons (Fsp3) is 0. The first-order valence-electron chi connectivity index (χ1n) is 1.92. The molecule has 46 valence electrons. The molecule has 0 spiro atoms. The Morgan fingerprint density at radius 1 is 1.62 bits per heavy atom. The second kappa shape index (κ2) is 3.72. The Labute approximate surface area is 58.1 Å². The number of nitrogens with two attached hydrogens (primary N) is 1. The molecule has 0 amide bonds. The summed E-state index contributed by atoms with van der Waals surface area (Å²) in [6.07, 6.45) is 0. The van der Waals surface area contributed by atoms with Crippen LogP contribution in [-0.4, -0.2) is 0 Å². The van der Waals surface area contributed by atoms with Crippen LogP contribution in [0.2, 0.25) is 0 Å². The van der Waals surface area contributed by atoms with Crippen LogP contribution in [0.15, 0.2) is 16.8 Å². The molecule has 1 rings (SSSR count). The second-order valence-electron chi connectivity index (χ2n) is 1.16. The molecule has 3 N–H and O–H groups in total. The molecule has 0 aliphatic carbocycles. The van der Waals surface area contributed by atoms with E-state index in [1.54, 1.807) is 11.3 Å². The van der Waals surface area contributed by atoms with Crippen LogP contribution < -0.4 is 11.3 Å². The van der Waals surface area contributed by atoms with Gasteiger partial charge in [0.25, 0.3) is 0 Å². The summed E-state index contributed by atoms with van der Waals surface area (Å²) < 4.78 is 0. The van der Waals surface area contributed by atoms with E-state index in [0.717, 1.165) is 5.69 Å². The third kappa shape index (κ3) is 1.69. The zero-order valence-corrected chi connectivity index (χ0v) is 5.76. The van der Waals surface area contributed by atoms with E-state index in [9.17, 15) is 0 Å². The number of anilines is 1.